The van der Waals surface area contributed by atoms with E-state index in [0.717, 1.165) is 13.0 Å². The highest BCUT2D eigenvalue weighted by Gasteiger charge is 2.18. The number of anilines is 1. The molecule has 0 spiro atoms. The maximum Gasteiger partial charge on any atom is 0.198 e. The van der Waals surface area contributed by atoms with Crippen LogP contribution in [0.3, 0.4) is 0 Å². The van der Waals surface area contributed by atoms with Crippen molar-refractivity contribution in [2.24, 2.45) is 0 Å². The van der Waals surface area contributed by atoms with Crippen LogP contribution in [0.15, 0.2) is 54.7 Å². The summed E-state index contributed by atoms with van der Waals surface area (Å²) in [6.45, 7) is 4.82. The molecule has 1 aromatic heterocycles. The molecule has 0 saturated carbocycles. The van der Waals surface area contributed by atoms with Crippen LogP contribution >= 0.6 is 0 Å². The van der Waals surface area contributed by atoms with Gasteiger partial charge in [-0.1, -0.05) is 19.1 Å². The minimum Gasteiger partial charge on any atom is -0.492 e. The summed E-state index contributed by atoms with van der Waals surface area (Å²) >= 11 is 0. The van der Waals surface area contributed by atoms with E-state index in [1.54, 1.807) is 36.4 Å². The van der Waals surface area contributed by atoms with Gasteiger partial charge in [-0.3, -0.25) is 9.69 Å². The minimum atomic E-state index is -0.364. The number of aromatic nitrogens is 2. The summed E-state index contributed by atoms with van der Waals surface area (Å²) in [5.74, 6) is 0.124. The molecule has 0 bridgehead atoms. The first-order valence-electron chi connectivity index (χ1n) is 10.2. The second-order valence-electron chi connectivity index (χ2n) is 7.10. The summed E-state index contributed by atoms with van der Waals surface area (Å²) in [6.07, 6.45) is 2.41. The Morgan fingerprint density at radius 3 is 2.68 bits per heavy atom. The predicted molar refractivity (Wildman–Crippen MR) is 117 cm³/mol. The van der Waals surface area contributed by atoms with Crippen LogP contribution in [0.4, 0.5) is 10.2 Å². The number of rotatable bonds is 11. The van der Waals surface area contributed by atoms with Crippen LogP contribution in [0.1, 0.15) is 29.3 Å². The van der Waals surface area contributed by atoms with E-state index >= 15 is 0 Å². The molecule has 3 rings (SSSR count). The molecule has 164 valence electrons. The maximum atomic E-state index is 13.2. The molecule has 0 radical (unpaired) electrons. The number of ketones is 1. The summed E-state index contributed by atoms with van der Waals surface area (Å²) in [5, 5.41) is 13.3. The molecule has 0 unspecified atom stereocenters. The lowest BCUT2D eigenvalue weighted by atomic mass is 10.1. The van der Waals surface area contributed by atoms with E-state index in [0.29, 0.717) is 36.7 Å². The highest BCUT2D eigenvalue weighted by Crippen LogP contribution is 2.22. The number of carbonyl (C=O) groups is 1. The van der Waals surface area contributed by atoms with Gasteiger partial charge in [0.25, 0.3) is 0 Å². The van der Waals surface area contributed by atoms with Gasteiger partial charge in [0.2, 0.25) is 0 Å². The molecular weight excluding hydrogens is 399 g/mol. The van der Waals surface area contributed by atoms with E-state index in [4.69, 9.17) is 15.6 Å². The monoisotopic (exact) mass is 426 g/mol. The molecule has 0 aliphatic rings. The second-order valence-corrected chi connectivity index (χ2v) is 7.10. The van der Waals surface area contributed by atoms with Gasteiger partial charge in [0.15, 0.2) is 5.78 Å². The number of carbonyl (C=O) groups excluding carboxylic acids is 1. The number of hydrogen-bond donors (Lipinski definition) is 2. The standard InChI is InChI=1S/C23H27FN4O3/c1-2-10-27(11-13-29)12-14-31-20-5-3-4-17(15-20)22(30)21-16-26-28(23(21)25)19-8-6-18(24)7-9-19/h3-9,15-16,29H,2,10-14,25H2,1H3. The molecule has 7 nitrogen and oxygen atoms in total. The second kappa shape index (κ2) is 10.7. The van der Waals surface area contributed by atoms with Crippen molar-refractivity contribution in [3.05, 3.63) is 71.7 Å². The first-order chi connectivity index (χ1) is 15.0. The van der Waals surface area contributed by atoms with Crippen molar-refractivity contribution < 1.29 is 19.0 Å². The quantitative estimate of drug-likeness (QED) is 0.458. The van der Waals surface area contributed by atoms with E-state index in [1.807, 2.05) is 0 Å². The Bertz CT molecular complexity index is 998. The van der Waals surface area contributed by atoms with E-state index in [9.17, 15) is 9.18 Å². The first-order valence-corrected chi connectivity index (χ1v) is 10.2. The Balaban J connectivity index is 1.69. The molecular formula is C23H27FN4O3. The summed E-state index contributed by atoms with van der Waals surface area (Å²) in [7, 11) is 0. The Morgan fingerprint density at radius 2 is 1.97 bits per heavy atom. The fourth-order valence-corrected chi connectivity index (χ4v) is 3.29. The Labute approximate surface area is 180 Å². The smallest absolute Gasteiger partial charge is 0.198 e. The molecule has 0 saturated heterocycles. The molecule has 3 aromatic rings. The van der Waals surface area contributed by atoms with Gasteiger partial charge >= 0.3 is 0 Å². The van der Waals surface area contributed by atoms with Crippen LogP contribution in [-0.2, 0) is 0 Å². The lowest BCUT2D eigenvalue weighted by Crippen LogP contribution is -2.31. The molecule has 8 heteroatoms. The van der Waals surface area contributed by atoms with E-state index in [1.165, 1.54) is 23.0 Å². The van der Waals surface area contributed by atoms with Crippen molar-refractivity contribution in [3.63, 3.8) is 0 Å². The lowest BCUT2D eigenvalue weighted by Gasteiger charge is -2.20. The third kappa shape index (κ3) is 5.68. The van der Waals surface area contributed by atoms with Crippen molar-refractivity contribution in [1.29, 1.82) is 0 Å². The van der Waals surface area contributed by atoms with Gasteiger partial charge in [0.1, 0.15) is 24.0 Å². The van der Waals surface area contributed by atoms with E-state index in [2.05, 4.69) is 16.9 Å². The molecule has 0 aliphatic heterocycles. The molecule has 2 aromatic carbocycles. The number of hydrogen-bond acceptors (Lipinski definition) is 6. The van der Waals surface area contributed by atoms with Crippen molar-refractivity contribution >= 4 is 11.6 Å². The van der Waals surface area contributed by atoms with Gasteiger partial charge in [-0.15, -0.1) is 0 Å². The summed E-state index contributed by atoms with van der Waals surface area (Å²) < 4.78 is 20.4. The van der Waals surface area contributed by atoms with Crippen molar-refractivity contribution in [2.75, 3.05) is 38.6 Å². The van der Waals surface area contributed by atoms with E-state index < -0.39 is 0 Å². The normalized spacial score (nSPS) is 11.1. The zero-order valence-electron chi connectivity index (χ0n) is 17.5. The first kappa shape index (κ1) is 22.5. The van der Waals surface area contributed by atoms with Crippen LogP contribution in [0.5, 0.6) is 5.75 Å². The third-order valence-corrected chi connectivity index (χ3v) is 4.85. The van der Waals surface area contributed by atoms with Crippen molar-refractivity contribution in [2.45, 2.75) is 13.3 Å². The summed E-state index contributed by atoms with van der Waals surface area (Å²) in [4.78, 5) is 15.1. The Hall–Kier alpha value is -3.23. The zero-order chi connectivity index (χ0) is 22.2. The SMILES string of the molecule is CCCN(CCO)CCOc1cccc(C(=O)c2cnn(-c3ccc(F)cc3)c2N)c1. The van der Waals surface area contributed by atoms with E-state index in [-0.39, 0.29) is 29.6 Å². The van der Waals surface area contributed by atoms with Crippen LogP contribution in [-0.4, -0.2) is 58.4 Å². The lowest BCUT2D eigenvalue weighted by molar-refractivity contribution is 0.103. The minimum absolute atomic E-state index is 0.108. The fourth-order valence-electron chi connectivity index (χ4n) is 3.29. The molecule has 31 heavy (non-hydrogen) atoms. The number of aliphatic hydroxyl groups is 1. The molecule has 0 amide bonds. The number of halogens is 1. The highest BCUT2D eigenvalue weighted by molar-refractivity contribution is 6.11. The number of nitrogen functional groups attached to an aromatic ring is 1. The molecule has 0 fully saturated rings. The predicted octanol–water partition coefficient (Wildman–Crippen LogP) is 2.91. The van der Waals surface area contributed by atoms with Gasteiger partial charge in [-0.2, -0.15) is 5.10 Å². The van der Waals surface area contributed by atoms with Crippen LogP contribution in [0.25, 0.3) is 5.69 Å². The molecule has 1 heterocycles. The number of nitrogens with zero attached hydrogens (tertiary/aromatic N) is 3. The number of ether oxygens (including phenoxy) is 1. The molecule has 0 atom stereocenters. The van der Waals surface area contributed by atoms with Gasteiger partial charge in [-0.05, 0) is 49.4 Å². The van der Waals surface area contributed by atoms with Gasteiger partial charge in [-0.25, -0.2) is 9.07 Å². The van der Waals surface area contributed by atoms with Crippen molar-refractivity contribution in [3.8, 4) is 11.4 Å². The maximum absolute atomic E-state index is 13.2. The van der Waals surface area contributed by atoms with Gasteiger partial charge in [0, 0.05) is 18.7 Å². The third-order valence-electron chi connectivity index (χ3n) is 4.85. The summed E-state index contributed by atoms with van der Waals surface area (Å²) in [6, 6.07) is 12.6. The fraction of sp³-hybridized carbons (Fsp3) is 0.304. The molecule has 0 aliphatic carbocycles. The topological polar surface area (TPSA) is 93.6 Å². The number of benzene rings is 2. The Morgan fingerprint density at radius 1 is 1.19 bits per heavy atom. The van der Waals surface area contributed by atoms with Crippen LogP contribution < -0.4 is 10.5 Å². The van der Waals surface area contributed by atoms with Gasteiger partial charge in [0.05, 0.1) is 24.1 Å². The van der Waals surface area contributed by atoms with Crippen LogP contribution in [0, 0.1) is 5.82 Å². The average Bonchev–Trinajstić information content (AvgIpc) is 3.15. The van der Waals surface area contributed by atoms with Crippen molar-refractivity contribution in [1.82, 2.24) is 14.7 Å². The average molecular weight is 426 g/mol. The number of nitrogens with two attached hydrogens (primary N) is 1. The number of aliphatic hydroxyl groups excluding tert-OH is 1. The highest BCUT2D eigenvalue weighted by atomic mass is 19.1. The molecule has 3 N–H and O–H groups in total. The summed E-state index contributed by atoms with van der Waals surface area (Å²) in [5.41, 5.74) is 7.41. The van der Waals surface area contributed by atoms with Gasteiger partial charge < -0.3 is 15.6 Å². The van der Waals surface area contributed by atoms with Crippen LogP contribution in [0.2, 0.25) is 0 Å². The zero-order valence-corrected chi connectivity index (χ0v) is 17.5. The largest absolute Gasteiger partial charge is 0.492 e. The Kier molecular flexibility index (Phi) is 7.75.